The molecule has 2 heterocycles. The summed E-state index contributed by atoms with van der Waals surface area (Å²) in [6.45, 7) is 0. The van der Waals surface area contributed by atoms with E-state index >= 15 is 0 Å². The number of halogens is 1. The van der Waals surface area contributed by atoms with E-state index in [4.69, 9.17) is 0 Å². The minimum atomic E-state index is -0.466. The molecule has 1 saturated carbocycles. The molecule has 1 fully saturated rings. The summed E-state index contributed by atoms with van der Waals surface area (Å²) in [5.74, 6) is -1.00. The zero-order valence-corrected chi connectivity index (χ0v) is 16.0. The number of nitrogens with one attached hydrogen (secondary N) is 2. The van der Waals surface area contributed by atoms with E-state index < -0.39 is 5.91 Å². The molecule has 2 amide bonds. The summed E-state index contributed by atoms with van der Waals surface area (Å²) in [4.78, 5) is 30.0. The third-order valence-electron chi connectivity index (χ3n) is 5.26. The van der Waals surface area contributed by atoms with Crippen LogP contribution in [0.1, 0.15) is 59.6 Å². The van der Waals surface area contributed by atoms with Gasteiger partial charge in [-0.25, -0.2) is 9.37 Å². The van der Waals surface area contributed by atoms with Crippen molar-refractivity contribution in [2.75, 3.05) is 5.32 Å². The van der Waals surface area contributed by atoms with Gasteiger partial charge in [0.25, 0.3) is 11.8 Å². The van der Waals surface area contributed by atoms with Crippen LogP contribution in [0.15, 0.2) is 48.7 Å². The van der Waals surface area contributed by atoms with Crippen LogP contribution in [0, 0.1) is 5.82 Å². The van der Waals surface area contributed by atoms with E-state index in [-0.39, 0.29) is 29.3 Å². The molecule has 1 aliphatic rings. The van der Waals surface area contributed by atoms with E-state index in [0.29, 0.717) is 11.2 Å². The van der Waals surface area contributed by atoms with Crippen LogP contribution in [0.3, 0.4) is 0 Å². The fourth-order valence-electron chi connectivity index (χ4n) is 3.76. The molecule has 0 aliphatic heterocycles. The van der Waals surface area contributed by atoms with Gasteiger partial charge >= 0.3 is 0 Å². The molecule has 7 heteroatoms. The molecule has 29 heavy (non-hydrogen) atoms. The van der Waals surface area contributed by atoms with Crippen molar-refractivity contribution >= 4 is 23.0 Å². The van der Waals surface area contributed by atoms with Crippen LogP contribution in [0.4, 0.5) is 10.1 Å². The van der Waals surface area contributed by atoms with Gasteiger partial charge in [0.1, 0.15) is 5.82 Å². The van der Waals surface area contributed by atoms with Gasteiger partial charge in [-0.05, 0) is 49.2 Å². The average Bonchev–Trinajstić information content (AvgIpc) is 2.93. The zero-order chi connectivity index (χ0) is 20.2. The first kappa shape index (κ1) is 19.1. The molecule has 2 aromatic heterocycles. The first-order valence-electron chi connectivity index (χ1n) is 9.97. The van der Waals surface area contributed by atoms with E-state index in [0.717, 1.165) is 25.7 Å². The smallest absolute Gasteiger partial charge is 0.292 e. The van der Waals surface area contributed by atoms with E-state index in [1.807, 2.05) is 0 Å². The van der Waals surface area contributed by atoms with E-state index in [9.17, 15) is 14.0 Å². The molecular weight excluding hydrogens is 371 g/mol. The van der Waals surface area contributed by atoms with Gasteiger partial charge in [-0.15, -0.1) is 0 Å². The van der Waals surface area contributed by atoms with Crippen molar-refractivity contribution in [2.24, 2.45) is 0 Å². The normalized spacial score (nSPS) is 15.1. The molecule has 0 unspecified atom stereocenters. The standard InChI is InChI=1S/C22H23FN4O2/c23-15-10-12-17(13-11-15)25-22(29)20-26-19(18-9-5-6-14-27(18)20)21(28)24-16-7-3-1-2-4-8-16/h5-6,9-14,16H,1-4,7-8H2,(H,24,28)(H,25,29). The van der Waals surface area contributed by atoms with E-state index in [2.05, 4.69) is 15.6 Å². The topological polar surface area (TPSA) is 75.5 Å². The van der Waals surface area contributed by atoms with Crippen molar-refractivity contribution < 1.29 is 14.0 Å². The fourth-order valence-corrected chi connectivity index (χ4v) is 3.76. The van der Waals surface area contributed by atoms with Crippen molar-refractivity contribution in [1.82, 2.24) is 14.7 Å². The number of pyridine rings is 1. The Labute approximate surface area is 168 Å². The number of hydrogen-bond acceptors (Lipinski definition) is 3. The van der Waals surface area contributed by atoms with Crippen molar-refractivity contribution in [1.29, 1.82) is 0 Å². The summed E-state index contributed by atoms with van der Waals surface area (Å²) < 4.78 is 14.7. The number of carbonyl (C=O) groups excluding carboxylic acids is 2. The molecule has 0 radical (unpaired) electrons. The predicted octanol–water partition coefficient (Wildman–Crippen LogP) is 4.18. The number of anilines is 1. The lowest BCUT2D eigenvalue weighted by molar-refractivity contribution is 0.0930. The number of nitrogens with zero attached hydrogens (tertiary/aromatic N) is 2. The summed E-state index contributed by atoms with van der Waals surface area (Å²) in [5.41, 5.74) is 1.26. The summed E-state index contributed by atoms with van der Waals surface area (Å²) in [6, 6.07) is 11.0. The van der Waals surface area contributed by atoms with Gasteiger partial charge < -0.3 is 10.6 Å². The molecule has 2 N–H and O–H groups in total. The van der Waals surface area contributed by atoms with Crippen LogP contribution in [0.5, 0.6) is 0 Å². The minimum Gasteiger partial charge on any atom is -0.348 e. The molecule has 1 aliphatic carbocycles. The van der Waals surface area contributed by atoms with Gasteiger partial charge in [0.2, 0.25) is 5.82 Å². The Bertz CT molecular complexity index is 1020. The number of carbonyl (C=O) groups is 2. The molecule has 1 aromatic carbocycles. The highest BCUT2D eigenvalue weighted by Crippen LogP contribution is 2.19. The summed E-state index contributed by atoms with van der Waals surface area (Å²) in [7, 11) is 0. The van der Waals surface area contributed by atoms with E-state index in [1.54, 1.807) is 28.8 Å². The summed E-state index contributed by atoms with van der Waals surface area (Å²) in [5, 5.41) is 5.79. The first-order valence-corrected chi connectivity index (χ1v) is 9.97. The Hall–Kier alpha value is -3.22. The Morgan fingerprint density at radius 3 is 2.41 bits per heavy atom. The van der Waals surface area contributed by atoms with Crippen LogP contribution in [-0.4, -0.2) is 27.2 Å². The maximum atomic E-state index is 13.1. The average molecular weight is 394 g/mol. The van der Waals surface area contributed by atoms with E-state index in [1.165, 1.54) is 37.1 Å². The highest BCUT2D eigenvalue weighted by atomic mass is 19.1. The highest BCUT2D eigenvalue weighted by Gasteiger charge is 2.23. The monoisotopic (exact) mass is 394 g/mol. The van der Waals surface area contributed by atoms with Crippen molar-refractivity contribution in [3.05, 3.63) is 66.0 Å². The summed E-state index contributed by atoms with van der Waals surface area (Å²) >= 11 is 0. The lowest BCUT2D eigenvalue weighted by Crippen LogP contribution is -2.34. The third-order valence-corrected chi connectivity index (χ3v) is 5.26. The number of amides is 2. The predicted molar refractivity (Wildman–Crippen MR) is 109 cm³/mol. The van der Waals surface area contributed by atoms with Crippen LogP contribution in [-0.2, 0) is 0 Å². The first-order chi connectivity index (χ1) is 14.1. The molecule has 0 spiro atoms. The minimum absolute atomic E-state index is 0.107. The molecule has 4 rings (SSSR count). The molecule has 6 nitrogen and oxygen atoms in total. The van der Waals surface area contributed by atoms with Crippen molar-refractivity contribution in [2.45, 2.75) is 44.6 Å². The number of rotatable bonds is 4. The van der Waals surface area contributed by atoms with Gasteiger partial charge in [-0.2, -0.15) is 0 Å². The van der Waals surface area contributed by atoms with Crippen molar-refractivity contribution in [3.63, 3.8) is 0 Å². The number of aromatic nitrogens is 2. The number of benzene rings is 1. The molecule has 150 valence electrons. The van der Waals surface area contributed by atoms with Gasteiger partial charge in [-0.3, -0.25) is 14.0 Å². The largest absolute Gasteiger partial charge is 0.348 e. The quantitative estimate of drug-likeness (QED) is 0.652. The fraction of sp³-hybridized carbons (Fsp3) is 0.318. The highest BCUT2D eigenvalue weighted by molar-refractivity contribution is 6.06. The molecule has 0 bridgehead atoms. The van der Waals surface area contributed by atoms with Crippen LogP contribution in [0.2, 0.25) is 0 Å². The Morgan fingerprint density at radius 2 is 1.69 bits per heavy atom. The van der Waals surface area contributed by atoms with Crippen LogP contribution < -0.4 is 10.6 Å². The molecular formula is C22H23FN4O2. The Morgan fingerprint density at radius 1 is 0.966 bits per heavy atom. The molecule has 0 atom stereocenters. The molecule has 0 saturated heterocycles. The van der Waals surface area contributed by atoms with Gasteiger partial charge in [-0.1, -0.05) is 31.7 Å². The second-order valence-electron chi connectivity index (χ2n) is 7.36. The van der Waals surface area contributed by atoms with Crippen LogP contribution in [0.25, 0.3) is 5.52 Å². The number of hydrogen-bond donors (Lipinski definition) is 2. The number of imidazole rings is 1. The maximum Gasteiger partial charge on any atom is 0.292 e. The Balaban J connectivity index is 1.59. The maximum absolute atomic E-state index is 13.1. The zero-order valence-electron chi connectivity index (χ0n) is 16.0. The molecule has 3 aromatic rings. The third kappa shape index (κ3) is 4.29. The SMILES string of the molecule is O=C(NC1CCCCCC1)c1nc(C(=O)Nc2ccc(F)cc2)n2ccccc12. The van der Waals surface area contributed by atoms with Gasteiger partial charge in [0, 0.05) is 17.9 Å². The summed E-state index contributed by atoms with van der Waals surface area (Å²) in [6.07, 6.45) is 8.26. The second-order valence-corrected chi connectivity index (χ2v) is 7.36. The number of fused-ring (bicyclic) bond motifs is 1. The van der Waals surface area contributed by atoms with Crippen LogP contribution >= 0.6 is 0 Å². The van der Waals surface area contributed by atoms with Gasteiger partial charge in [0.15, 0.2) is 5.69 Å². The lowest BCUT2D eigenvalue weighted by Gasteiger charge is -2.15. The van der Waals surface area contributed by atoms with Gasteiger partial charge in [0.05, 0.1) is 5.52 Å². The second kappa shape index (κ2) is 8.43. The lowest BCUT2D eigenvalue weighted by atomic mass is 10.1. The van der Waals surface area contributed by atoms with Crippen molar-refractivity contribution in [3.8, 4) is 0 Å². The Kier molecular flexibility index (Phi) is 5.55.